The molecule has 1 amide bonds. The molecular weight excluding hydrogens is 322 g/mol. The lowest BCUT2D eigenvalue weighted by atomic mass is 10.1. The summed E-state index contributed by atoms with van der Waals surface area (Å²) in [6.07, 6.45) is 0.826. The molecule has 2 aromatic heterocycles. The van der Waals surface area contributed by atoms with Crippen molar-refractivity contribution >= 4 is 23.4 Å². The van der Waals surface area contributed by atoms with Crippen LogP contribution in [0.1, 0.15) is 17.0 Å². The van der Waals surface area contributed by atoms with Gasteiger partial charge in [-0.25, -0.2) is 9.50 Å². The van der Waals surface area contributed by atoms with Crippen molar-refractivity contribution in [2.75, 3.05) is 12.3 Å². The Morgan fingerprint density at radius 3 is 2.79 bits per heavy atom. The lowest BCUT2D eigenvalue weighted by Gasteiger charge is -2.04. The molecule has 0 saturated heterocycles. The van der Waals surface area contributed by atoms with E-state index in [9.17, 15) is 4.79 Å². The first-order valence-electron chi connectivity index (χ1n) is 7.76. The Labute approximate surface area is 144 Å². The quantitative estimate of drug-likeness (QED) is 0.696. The molecule has 0 saturated carbocycles. The average Bonchev–Trinajstić information content (AvgIpc) is 2.97. The van der Waals surface area contributed by atoms with Gasteiger partial charge in [0.2, 0.25) is 11.1 Å². The number of carbonyl (C=O) groups is 1. The molecule has 0 spiro atoms. The van der Waals surface area contributed by atoms with E-state index in [1.807, 2.05) is 38.1 Å². The van der Waals surface area contributed by atoms with Crippen molar-refractivity contribution in [2.45, 2.75) is 25.4 Å². The number of aromatic nitrogens is 4. The minimum Gasteiger partial charge on any atom is -0.355 e. The van der Waals surface area contributed by atoms with Gasteiger partial charge in [-0.1, -0.05) is 42.1 Å². The van der Waals surface area contributed by atoms with Crippen molar-refractivity contribution in [1.82, 2.24) is 24.9 Å². The van der Waals surface area contributed by atoms with Crippen LogP contribution in [0.15, 0.2) is 41.6 Å². The van der Waals surface area contributed by atoms with E-state index < -0.39 is 0 Å². The number of nitrogens with zero attached hydrogens (tertiary/aromatic N) is 4. The van der Waals surface area contributed by atoms with Gasteiger partial charge in [-0.15, -0.1) is 5.10 Å². The van der Waals surface area contributed by atoms with Crippen LogP contribution in [0.3, 0.4) is 0 Å². The van der Waals surface area contributed by atoms with Crippen molar-refractivity contribution in [3.63, 3.8) is 0 Å². The van der Waals surface area contributed by atoms with Crippen molar-refractivity contribution in [3.8, 4) is 0 Å². The predicted molar refractivity (Wildman–Crippen MR) is 94.1 cm³/mol. The van der Waals surface area contributed by atoms with Crippen LogP contribution in [-0.2, 0) is 11.2 Å². The molecular formula is C17H19N5OS. The van der Waals surface area contributed by atoms with E-state index in [-0.39, 0.29) is 5.91 Å². The van der Waals surface area contributed by atoms with Crippen LogP contribution < -0.4 is 5.32 Å². The number of benzene rings is 1. The molecule has 0 bridgehead atoms. The number of hydrogen-bond acceptors (Lipinski definition) is 5. The number of amides is 1. The number of carbonyl (C=O) groups excluding carboxylic acids is 1. The third-order valence-corrected chi connectivity index (χ3v) is 4.35. The Morgan fingerprint density at radius 2 is 2.00 bits per heavy atom. The van der Waals surface area contributed by atoms with Gasteiger partial charge in [0.1, 0.15) is 0 Å². The highest BCUT2D eigenvalue weighted by molar-refractivity contribution is 7.99. The van der Waals surface area contributed by atoms with Crippen molar-refractivity contribution in [3.05, 3.63) is 53.3 Å². The van der Waals surface area contributed by atoms with Gasteiger partial charge in [-0.05, 0) is 31.9 Å². The summed E-state index contributed by atoms with van der Waals surface area (Å²) in [6.45, 7) is 4.51. The molecule has 0 fully saturated rings. The first-order valence-corrected chi connectivity index (χ1v) is 8.75. The van der Waals surface area contributed by atoms with E-state index >= 15 is 0 Å². The zero-order valence-electron chi connectivity index (χ0n) is 13.7. The maximum absolute atomic E-state index is 11.9. The lowest BCUT2D eigenvalue weighted by Crippen LogP contribution is -2.27. The summed E-state index contributed by atoms with van der Waals surface area (Å²) in [4.78, 5) is 20.6. The molecule has 0 aliphatic rings. The van der Waals surface area contributed by atoms with E-state index in [1.54, 1.807) is 4.52 Å². The van der Waals surface area contributed by atoms with E-state index in [0.717, 1.165) is 17.8 Å². The summed E-state index contributed by atoms with van der Waals surface area (Å²) in [6, 6.07) is 12.0. The Morgan fingerprint density at radius 1 is 1.21 bits per heavy atom. The fourth-order valence-corrected chi connectivity index (χ4v) is 3.03. The van der Waals surface area contributed by atoms with Gasteiger partial charge in [0, 0.05) is 17.9 Å². The molecule has 0 radical (unpaired) electrons. The maximum atomic E-state index is 11.9. The smallest absolute Gasteiger partial charge is 0.253 e. The zero-order chi connectivity index (χ0) is 16.9. The lowest BCUT2D eigenvalue weighted by molar-refractivity contribution is -0.118. The van der Waals surface area contributed by atoms with Crippen LogP contribution in [-0.4, -0.2) is 37.8 Å². The van der Waals surface area contributed by atoms with Crippen LogP contribution in [0.5, 0.6) is 0 Å². The highest BCUT2D eigenvalue weighted by Gasteiger charge is 2.10. The predicted octanol–water partition coefficient (Wildman–Crippen LogP) is 2.19. The van der Waals surface area contributed by atoms with Gasteiger partial charge in [0.05, 0.1) is 5.75 Å². The van der Waals surface area contributed by atoms with Gasteiger partial charge >= 0.3 is 0 Å². The minimum absolute atomic E-state index is 0.0179. The minimum atomic E-state index is -0.0179. The molecule has 0 unspecified atom stereocenters. The summed E-state index contributed by atoms with van der Waals surface area (Å²) in [5, 5.41) is 7.86. The molecule has 0 aliphatic carbocycles. The topological polar surface area (TPSA) is 72.2 Å². The molecule has 1 N–H and O–H groups in total. The first-order chi connectivity index (χ1) is 11.6. The Kier molecular flexibility index (Phi) is 5.10. The molecule has 24 heavy (non-hydrogen) atoms. The Bertz CT molecular complexity index is 847. The number of hydrogen-bond donors (Lipinski definition) is 1. The molecule has 1 aromatic carbocycles. The third kappa shape index (κ3) is 4.11. The molecule has 7 heteroatoms. The van der Waals surface area contributed by atoms with E-state index in [4.69, 9.17) is 0 Å². The Balaban J connectivity index is 1.50. The van der Waals surface area contributed by atoms with Crippen LogP contribution in [0.25, 0.3) is 5.78 Å². The highest BCUT2D eigenvalue weighted by atomic mass is 32.2. The number of fused-ring (bicyclic) bond motifs is 1. The fourth-order valence-electron chi connectivity index (χ4n) is 2.38. The third-order valence-electron chi connectivity index (χ3n) is 3.51. The molecule has 2 heterocycles. The molecule has 3 aromatic rings. The van der Waals surface area contributed by atoms with Crippen LogP contribution in [0, 0.1) is 13.8 Å². The van der Waals surface area contributed by atoms with Gasteiger partial charge in [-0.2, -0.15) is 4.98 Å². The number of nitrogens with one attached hydrogen (secondary N) is 1. The van der Waals surface area contributed by atoms with Crippen LogP contribution >= 0.6 is 11.8 Å². The monoisotopic (exact) mass is 341 g/mol. The second-order valence-electron chi connectivity index (χ2n) is 5.52. The molecule has 0 aliphatic heterocycles. The van der Waals surface area contributed by atoms with Crippen LogP contribution in [0.2, 0.25) is 0 Å². The van der Waals surface area contributed by atoms with Crippen molar-refractivity contribution in [1.29, 1.82) is 0 Å². The second-order valence-corrected chi connectivity index (χ2v) is 6.46. The van der Waals surface area contributed by atoms with E-state index in [0.29, 0.717) is 23.2 Å². The van der Waals surface area contributed by atoms with Gasteiger partial charge < -0.3 is 5.32 Å². The summed E-state index contributed by atoms with van der Waals surface area (Å²) >= 11 is 1.32. The largest absolute Gasteiger partial charge is 0.355 e. The Hall–Kier alpha value is -2.41. The fraction of sp³-hybridized carbons (Fsp3) is 0.294. The van der Waals surface area contributed by atoms with Crippen LogP contribution in [0.4, 0.5) is 0 Å². The number of rotatable bonds is 6. The van der Waals surface area contributed by atoms with E-state index in [1.165, 1.54) is 17.3 Å². The first kappa shape index (κ1) is 16.4. The SMILES string of the molecule is Cc1cc(C)n2nc(SCC(=O)NCCc3ccccc3)nc2n1. The highest BCUT2D eigenvalue weighted by Crippen LogP contribution is 2.14. The number of thioether (sulfide) groups is 1. The summed E-state index contributed by atoms with van der Waals surface area (Å²) in [7, 11) is 0. The van der Waals surface area contributed by atoms with Gasteiger partial charge in [0.25, 0.3) is 5.78 Å². The van der Waals surface area contributed by atoms with Gasteiger partial charge in [0.15, 0.2) is 0 Å². The van der Waals surface area contributed by atoms with Crippen molar-refractivity contribution < 1.29 is 4.79 Å². The summed E-state index contributed by atoms with van der Waals surface area (Å²) in [5.74, 6) is 0.846. The molecule has 124 valence electrons. The summed E-state index contributed by atoms with van der Waals surface area (Å²) < 4.78 is 1.70. The second kappa shape index (κ2) is 7.44. The van der Waals surface area contributed by atoms with E-state index in [2.05, 4.69) is 32.5 Å². The average molecular weight is 341 g/mol. The summed E-state index contributed by atoms with van der Waals surface area (Å²) in [5.41, 5.74) is 3.09. The molecule has 6 nitrogen and oxygen atoms in total. The standard InChI is InChI=1S/C17H19N5OS/c1-12-10-13(2)22-16(19-12)20-17(21-22)24-11-15(23)18-9-8-14-6-4-3-5-7-14/h3-7,10H,8-9,11H2,1-2H3,(H,18,23). The molecule has 0 atom stereocenters. The number of aryl methyl sites for hydroxylation is 2. The van der Waals surface area contributed by atoms with Crippen molar-refractivity contribution in [2.24, 2.45) is 0 Å². The molecule has 3 rings (SSSR count). The normalized spacial score (nSPS) is 10.9. The van der Waals surface area contributed by atoms with Gasteiger partial charge in [-0.3, -0.25) is 4.79 Å². The zero-order valence-corrected chi connectivity index (χ0v) is 14.5. The maximum Gasteiger partial charge on any atom is 0.253 e.